The van der Waals surface area contributed by atoms with E-state index >= 15 is 0 Å². The molecule has 0 aliphatic carbocycles. The number of hydrogen-bond acceptors (Lipinski definition) is 3. The lowest BCUT2D eigenvalue weighted by Crippen LogP contribution is -2.18. The highest BCUT2D eigenvalue weighted by Gasteiger charge is 2.17. The molecule has 0 saturated heterocycles. The summed E-state index contributed by atoms with van der Waals surface area (Å²) in [5.41, 5.74) is 2.16. The maximum Gasteiger partial charge on any atom is 0.270 e. The number of nitrogens with one attached hydrogen (secondary N) is 1. The number of carbonyl (C=O) groups is 1. The molecule has 0 saturated carbocycles. The van der Waals surface area contributed by atoms with Crippen LogP contribution in [0.15, 0.2) is 49.0 Å². The first-order valence-corrected chi connectivity index (χ1v) is 7.72. The molecule has 2 aromatic rings. The topological polar surface area (TPSA) is 72.2 Å². The van der Waals surface area contributed by atoms with Crippen LogP contribution in [0.3, 0.4) is 0 Å². The first kappa shape index (κ1) is 17.7. The van der Waals surface area contributed by atoms with E-state index in [2.05, 4.69) is 11.9 Å². The average molecular weight is 345 g/mol. The lowest BCUT2D eigenvalue weighted by Gasteiger charge is -2.15. The maximum absolute atomic E-state index is 12.0. The summed E-state index contributed by atoms with van der Waals surface area (Å²) >= 11 is 6.00. The van der Waals surface area contributed by atoms with Crippen LogP contribution < -0.4 is 5.32 Å². The fraction of sp³-hybridized carbons (Fsp3) is 0.167. The molecule has 0 fully saturated rings. The van der Waals surface area contributed by atoms with E-state index in [1.54, 1.807) is 38.1 Å². The highest BCUT2D eigenvalue weighted by Crippen LogP contribution is 2.32. The Morgan fingerprint density at radius 3 is 2.54 bits per heavy atom. The van der Waals surface area contributed by atoms with Crippen LogP contribution >= 0.6 is 11.6 Å². The van der Waals surface area contributed by atoms with Crippen molar-refractivity contribution in [1.82, 2.24) is 0 Å². The van der Waals surface area contributed by atoms with Gasteiger partial charge in [-0.3, -0.25) is 14.9 Å². The fourth-order valence-electron chi connectivity index (χ4n) is 2.11. The lowest BCUT2D eigenvalue weighted by molar-refractivity contribution is -0.384. The van der Waals surface area contributed by atoms with Crippen LogP contribution in [-0.4, -0.2) is 10.8 Å². The summed E-state index contributed by atoms with van der Waals surface area (Å²) in [6, 6.07) is 11.3. The first-order valence-electron chi connectivity index (χ1n) is 7.34. The van der Waals surface area contributed by atoms with Crippen molar-refractivity contribution in [1.29, 1.82) is 0 Å². The van der Waals surface area contributed by atoms with Crippen LogP contribution in [0.1, 0.15) is 25.0 Å². The number of hydrogen-bond donors (Lipinski definition) is 1. The summed E-state index contributed by atoms with van der Waals surface area (Å²) in [5, 5.41) is 14.4. The number of halogens is 1. The van der Waals surface area contributed by atoms with Crippen molar-refractivity contribution in [2.45, 2.75) is 13.8 Å². The second-order valence-corrected chi connectivity index (χ2v) is 6.06. The number of rotatable bonds is 5. The molecule has 2 aromatic carbocycles. The predicted molar refractivity (Wildman–Crippen MR) is 96.2 cm³/mol. The standard InChI is InChI=1S/C18H17ClN2O3/c1-11(2)18(22)20-17-8-7-15(21(23)24)10-16(17)12(3)13-5-4-6-14(19)9-13/h4-11H,3H2,1-2H3,(H,20,22). The second kappa shape index (κ2) is 7.27. The molecule has 1 N–H and O–H groups in total. The Morgan fingerprint density at radius 1 is 1.25 bits per heavy atom. The van der Waals surface area contributed by atoms with E-state index in [-0.39, 0.29) is 17.5 Å². The van der Waals surface area contributed by atoms with E-state index < -0.39 is 4.92 Å². The van der Waals surface area contributed by atoms with Crippen LogP contribution in [0.25, 0.3) is 5.57 Å². The number of nitro benzene ring substituents is 1. The molecular formula is C18H17ClN2O3. The van der Waals surface area contributed by atoms with Gasteiger partial charge < -0.3 is 5.32 Å². The largest absolute Gasteiger partial charge is 0.325 e. The molecule has 5 nitrogen and oxygen atoms in total. The van der Waals surface area contributed by atoms with Crippen LogP contribution in [-0.2, 0) is 4.79 Å². The molecule has 24 heavy (non-hydrogen) atoms. The predicted octanol–water partition coefficient (Wildman–Crippen LogP) is 4.90. The minimum atomic E-state index is -0.483. The normalized spacial score (nSPS) is 10.5. The third-order valence-corrected chi connectivity index (χ3v) is 3.73. The molecule has 0 radical (unpaired) electrons. The van der Waals surface area contributed by atoms with Gasteiger partial charge in [-0.25, -0.2) is 0 Å². The summed E-state index contributed by atoms with van der Waals surface area (Å²) in [6.45, 7) is 7.56. The Labute approximate surface area is 145 Å². The number of carbonyl (C=O) groups excluding carboxylic acids is 1. The Kier molecular flexibility index (Phi) is 5.36. The van der Waals surface area contributed by atoms with Crippen molar-refractivity contribution in [2.75, 3.05) is 5.32 Å². The zero-order chi connectivity index (χ0) is 17.9. The van der Waals surface area contributed by atoms with Gasteiger partial charge in [-0.2, -0.15) is 0 Å². The van der Waals surface area contributed by atoms with Crippen molar-refractivity contribution >= 4 is 34.5 Å². The monoisotopic (exact) mass is 344 g/mol. The molecule has 0 unspecified atom stereocenters. The minimum Gasteiger partial charge on any atom is -0.325 e. The summed E-state index contributed by atoms with van der Waals surface area (Å²) in [6.07, 6.45) is 0. The van der Waals surface area contributed by atoms with Crippen LogP contribution in [0.4, 0.5) is 11.4 Å². The molecule has 0 aliphatic rings. The molecule has 6 heteroatoms. The van der Waals surface area contributed by atoms with Gasteiger partial charge >= 0.3 is 0 Å². The van der Waals surface area contributed by atoms with Gasteiger partial charge in [0, 0.05) is 34.3 Å². The summed E-state index contributed by atoms with van der Waals surface area (Å²) in [5.74, 6) is -0.392. The molecule has 2 rings (SSSR count). The number of non-ortho nitro benzene ring substituents is 1. The SMILES string of the molecule is C=C(c1cccc(Cl)c1)c1cc([N+](=O)[O-])ccc1NC(=O)C(C)C. The second-order valence-electron chi connectivity index (χ2n) is 5.62. The van der Waals surface area contributed by atoms with E-state index in [9.17, 15) is 14.9 Å². The number of anilines is 1. The third-order valence-electron chi connectivity index (χ3n) is 3.49. The fourth-order valence-corrected chi connectivity index (χ4v) is 2.30. The van der Waals surface area contributed by atoms with Gasteiger partial charge in [-0.1, -0.05) is 44.2 Å². The zero-order valence-corrected chi connectivity index (χ0v) is 14.1. The Morgan fingerprint density at radius 2 is 1.96 bits per heavy atom. The highest BCUT2D eigenvalue weighted by molar-refractivity contribution is 6.30. The number of nitro groups is 1. The van der Waals surface area contributed by atoms with E-state index in [0.717, 1.165) is 5.56 Å². The van der Waals surface area contributed by atoms with Crippen LogP contribution in [0.2, 0.25) is 5.02 Å². The minimum absolute atomic E-state index is 0.0734. The van der Waals surface area contributed by atoms with Gasteiger partial charge in [0.2, 0.25) is 5.91 Å². The van der Waals surface area contributed by atoms with Gasteiger partial charge in [0.1, 0.15) is 0 Å². The highest BCUT2D eigenvalue weighted by atomic mass is 35.5. The van der Waals surface area contributed by atoms with Crippen LogP contribution in [0, 0.1) is 16.0 Å². The molecule has 1 amide bonds. The Hall–Kier alpha value is -2.66. The number of benzene rings is 2. The smallest absolute Gasteiger partial charge is 0.270 e. The summed E-state index contributed by atoms with van der Waals surface area (Å²) < 4.78 is 0. The van der Waals surface area contributed by atoms with Gasteiger partial charge in [-0.05, 0) is 29.3 Å². The number of nitrogens with zero attached hydrogens (tertiary/aromatic N) is 1. The van der Waals surface area contributed by atoms with Crippen LogP contribution in [0.5, 0.6) is 0 Å². The number of amides is 1. The molecule has 0 atom stereocenters. The average Bonchev–Trinajstić information content (AvgIpc) is 2.54. The van der Waals surface area contributed by atoms with E-state index in [4.69, 9.17) is 11.6 Å². The molecule has 0 aliphatic heterocycles. The van der Waals surface area contributed by atoms with Crippen molar-refractivity contribution in [3.05, 3.63) is 75.3 Å². The van der Waals surface area contributed by atoms with Gasteiger partial charge in [-0.15, -0.1) is 0 Å². The van der Waals surface area contributed by atoms with E-state index in [0.29, 0.717) is 21.8 Å². The summed E-state index contributed by atoms with van der Waals surface area (Å²) in [7, 11) is 0. The van der Waals surface area contributed by atoms with Crippen molar-refractivity contribution < 1.29 is 9.72 Å². The molecular weight excluding hydrogens is 328 g/mol. The molecule has 0 heterocycles. The van der Waals surface area contributed by atoms with Crippen molar-refractivity contribution in [3.63, 3.8) is 0 Å². The molecule has 0 aromatic heterocycles. The Balaban J connectivity index is 2.51. The zero-order valence-electron chi connectivity index (χ0n) is 13.4. The van der Waals surface area contributed by atoms with E-state index in [1.165, 1.54) is 18.2 Å². The van der Waals surface area contributed by atoms with Crippen molar-refractivity contribution in [3.8, 4) is 0 Å². The van der Waals surface area contributed by atoms with Gasteiger partial charge in [0.25, 0.3) is 5.69 Å². The lowest BCUT2D eigenvalue weighted by atomic mass is 9.97. The molecule has 0 spiro atoms. The summed E-state index contributed by atoms with van der Waals surface area (Å²) in [4.78, 5) is 22.6. The van der Waals surface area contributed by atoms with Gasteiger partial charge in [0.05, 0.1) is 4.92 Å². The maximum atomic E-state index is 12.0. The molecule has 124 valence electrons. The van der Waals surface area contributed by atoms with Gasteiger partial charge in [0.15, 0.2) is 0 Å². The third kappa shape index (κ3) is 4.00. The quantitative estimate of drug-likeness (QED) is 0.619. The van der Waals surface area contributed by atoms with Crippen molar-refractivity contribution in [2.24, 2.45) is 5.92 Å². The van der Waals surface area contributed by atoms with E-state index in [1.807, 2.05) is 0 Å². The Bertz CT molecular complexity index is 816. The first-order chi connectivity index (χ1) is 11.3. The molecule has 0 bridgehead atoms.